The number of nitrogens with zero attached hydrogens (tertiary/aromatic N) is 4. The minimum atomic E-state index is -0.603. The Morgan fingerprint density at radius 2 is 1.78 bits per heavy atom. The second-order valence-electron chi connectivity index (χ2n) is 9.08. The van der Waals surface area contributed by atoms with Crippen LogP contribution in [0.15, 0.2) is 66.9 Å². The summed E-state index contributed by atoms with van der Waals surface area (Å²) in [5.41, 5.74) is 6.62. The Kier molecular flexibility index (Phi) is 6.45. The highest BCUT2D eigenvalue weighted by Gasteiger charge is 2.39. The van der Waals surface area contributed by atoms with Crippen molar-refractivity contribution in [3.63, 3.8) is 0 Å². The van der Waals surface area contributed by atoms with Crippen molar-refractivity contribution in [2.75, 3.05) is 18.4 Å². The lowest BCUT2D eigenvalue weighted by Crippen LogP contribution is -2.66. The third-order valence-electron chi connectivity index (χ3n) is 5.88. The third-order valence-corrected chi connectivity index (χ3v) is 6.50. The van der Waals surface area contributed by atoms with Crippen LogP contribution < -0.4 is 11.1 Å². The average Bonchev–Trinajstić information content (AvgIpc) is 3.27. The number of hydrogen-bond acceptors (Lipinski definition) is 5. The smallest absolute Gasteiger partial charge is 0.274 e. The van der Waals surface area contributed by atoms with Gasteiger partial charge in [-0.25, -0.2) is 9.07 Å². The number of carbonyl (C=O) groups excluding carboxylic acids is 2. The van der Waals surface area contributed by atoms with E-state index in [1.54, 1.807) is 17.0 Å². The van der Waals surface area contributed by atoms with E-state index in [0.717, 1.165) is 0 Å². The van der Waals surface area contributed by atoms with E-state index in [9.17, 15) is 14.0 Å². The number of hydrogen-bond donors (Lipinski definition) is 2. The number of carbonyl (C=O) groups is 2. The summed E-state index contributed by atoms with van der Waals surface area (Å²) in [7, 11) is 0. The lowest BCUT2D eigenvalue weighted by Gasteiger charge is -2.45. The van der Waals surface area contributed by atoms with Gasteiger partial charge < -0.3 is 16.0 Å². The molecule has 1 aliphatic rings. The molecule has 0 spiro atoms. The molecule has 0 bridgehead atoms. The average molecular weight is 539 g/mol. The summed E-state index contributed by atoms with van der Waals surface area (Å²) in [6, 6.07) is 16.0. The molecule has 4 aromatic rings. The molecule has 2 aromatic carbocycles. The van der Waals surface area contributed by atoms with E-state index in [1.165, 1.54) is 41.2 Å². The van der Waals surface area contributed by atoms with Crippen LogP contribution in [-0.2, 0) is 0 Å². The normalized spacial score (nSPS) is 14.2. The molecule has 5 rings (SSSR count). The van der Waals surface area contributed by atoms with Crippen LogP contribution in [0.1, 0.15) is 27.8 Å². The van der Waals surface area contributed by atoms with Gasteiger partial charge in [-0.05, 0) is 43.3 Å². The van der Waals surface area contributed by atoms with Gasteiger partial charge >= 0.3 is 0 Å². The summed E-state index contributed by atoms with van der Waals surface area (Å²) in [4.78, 5) is 32.0. The predicted octanol–water partition coefficient (Wildman–Crippen LogP) is 4.81. The second kappa shape index (κ2) is 9.59. The van der Waals surface area contributed by atoms with Gasteiger partial charge in [-0.2, -0.15) is 5.10 Å². The summed E-state index contributed by atoms with van der Waals surface area (Å²) < 4.78 is 15.8. The number of likely N-dealkylation sites (tertiary alicyclic amines) is 1. The van der Waals surface area contributed by atoms with Gasteiger partial charge in [0, 0.05) is 36.5 Å². The number of aromatic nitrogens is 3. The zero-order valence-electron chi connectivity index (χ0n) is 19.6. The summed E-state index contributed by atoms with van der Waals surface area (Å²) >= 11 is 12.6. The molecule has 37 heavy (non-hydrogen) atoms. The Balaban J connectivity index is 1.50. The number of benzene rings is 2. The van der Waals surface area contributed by atoms with E-state index in [1.807, 2.05) is 25.1 Å². The van der Waals surface area contributed by atoms with Crippen molar-refractivity contribution < 1.29 is 14.0 Å². The van der Waals surface area contributed by atoms with Gasteiger partial charge in [0.25, 0.3) is 11.8 Å². The van der Waals surface area contributed by atoms with Crippen molar-refractivity contribution in [3.05, 3.63) is 94.0 Å². The molecule has 2 amide bonds. The molecule has 3 N–H and O–H groups in total. The summed E-state index contributed by atoms with van der Waals surface area (Å²) in [5, 5.41) is 7.42. The van der Waals surface area contributed by atoms with Crippen molar-refractivity contribution in [2.24, 2.45) is 5.73 Å². The Morgan fingerprint density at radius 1 is 1.05 bits per heavy atom. The van der Waals surface area contributed by atoms with Gasteiger partial charge in [0.05, 0.1) is 21.3 Å². The maximum Gasteiger partial charge on any atom is 0.274 e. The van der Waals surface area contributed by atoms with E-state index < -0.39 is 17.3 Å². The van der Waals surface area contributed by atoms with Crippen molar-refractivity contribution in [1.82, 2.24) is 19.7 Å². The fourth-order valence-electron chi connectivity index (χ4n) is 4.14. The minimum absolute atomic E-state index is 0.0121. The number of nitrogens with two attached hydrogens (primary N) is 1. The highest BCUT2D eigenvalue weighted by molar-refractivity contribution is 6.38. The first-order valence-electron chi connectivity index (χ1n) is 11.3. The standard InChI is InChI=1S/C26H21Cl2FN6O2/c1-26(30)13-34(14-26)25(37)21-12-22(35(33-21)15-6-3-2-4-7-15)32-24(36)17-10-16(18(27)11-19(17)28)23-20(29)8-5-9-31-23/h2-12H,13-14,30H2,1H3,(H,32,36). The molecule has 1 aliphatic heterocycles. The number of anilines is 1. The number of rotatable bonds is 5. The van der Waals surface area contributed by atoms with Crippen molar-refractivity contribution in [2.45, 2.75) is 12.5 Å². The number of nitrogens with one attached hydrogen (secondary N) is 1. The molecule has 11 heteroatoms. The van der Waals surface area contributed by atoms with E-state index in [2.05, 4.69) is 15.4 Å². The van der Waals surface area contributed by atoms with Gasteiger partial charge in [-0.15, -0.1) is 0 Å². The molecule has 0 radical (unpaired) electrons. The van der Waals surface area contributed by atoms with Crippen LogP contribution in [0.25, 0.3) is 16.9 Å². The number of para-hydroxylation sites is 1. The molecule has 0 atom stereocenters. The first-order chi connectivity index (χ1) is 17.6. The topological polar surface area (TPSA) is 106 Å². The molecule has 0 unspecified atom stereocenters. The summed E-state index contributed by atoms with van der Waals surface area (Å²) in [5.74, 6) is -1.26. The first-order valence-corrected chi connectivity index (χ1v) is 12.0. The first kappa shape index (κ1) is 24.9. The summed E-state index contributed by atoms with van der Waals surface area (Å²) in [6.45, 7) is 2.67. The Labute approximate surface area is 221 Å². The molecule has 2 aromatic heterocycles. The number of amides is 2. The molecule has 1 saturated heterocycles. The molecule has 3 heterocycles. The molecule has 0 aliphatic carbocycles. The molecule has 1 fully saturated rings. The SMILES string of the molecule is CC1(N)CN(C(=O)c2cc(NC(=O)c3cc(-c4ncccc4F)c(Cl)cc3Cl)n(-c3ccccc3)n2)C1. The maximum atomic E-state index is 14.4. The van der Waals surface area contributed by atoms with Crippen LogP contribution in [0.3, 0.4) is 0 Å². The highest BCUT2D eigenvalue weighted by atomic mass is 35.5. The third kappa shape index (κ3) is 4.93. The Bertz CT molecular complexity index is 1510. The van der Waals surface area contributed by atoms with Crippen LogP contribution >= 0.6 is 23.2 Å². The molecule has 0 saturated carbocycles. The highest BCUT2D eigenvalue weighted by Crippen LogP contribution is 2.34. The molecular formula is C26H21Cl2FN6O2. The lowest BCUT2D eigenvalue weighted by molar-refractivity contribution is 0.0447. The number of pyridine rings is 1. The van der Waals surface area contributed by atoms with Crippen LogP contribution in [0.2, 0.25) is 10.0 Å². The van der Waals surface area contributed by atoms with Crippen LogP contribution in [0, 0.1) is 5.82 Å². The lowest BCUT2D eigenvalue weighted by atomic mass is 9.93. The Morgan fingerprint density at radius 3 is 2.46 bits per heavy atom. The largest absolute Gasteiger partial charge is 0.333 e. The van der Waals surface area contributed by atoms with Gasteiger partial charge in [-0.1, -0.05) is 41.4 Å². The quantitative estimate of drug-likeness (QED) is 0.379. The van der Waals surface area contributed by atoms with Crippen LogP contribution in [0.4, 0.5) is 10.2 Å². The van der Waals surface area contributed by atoms with Crippen molar-refractivity contribution in [1.29, 1.82) is 0 Å². The maximum absolute atomic E-state index is 14.4. The zero-order chi connectivity index (χ0) is 26.3. The van der Waals surface area contributed by atoms with E-state index in [-0.39, 0.29) is 44.3 Å². The second-order valence-corrected chi connectivity index (χ2v) is 9.89. The monoisotopic (exact) mass is 538 g/mol. The van der Waals surface area contributed by atoms with Gasteiger partial charge in [0.2, 0.25) is 0 Å². The molecule has 8 nitrogen and oxygen atoms in total. The van der Waals surface area contributed by atoms with Gasteiger partial charge in [-0.3, -0.25) is 14.6 Å². The molecule has 188 valence electrons. The van der Waals surface area contributed by atoms with Gasteiger partial charge in [0.15, 0.2) is 5.69 Å². The molecular weight excluding hydrogens is 518 g/mol. The van der Waals surface area contributed by atoms with E-state index >= 15 is 0 Å². The fourth-order valence-corrected chi connectivity index (χ4v) is 4.70. The number of halogens is 3. The van der Waals surface area contributed by atoms with Crippen molar-refractivity contribution in [3.8, 4) is 16.9 Å². The van der Waals surface area contributed by atoms with Crippen molar-refractivity contribution >= 4 is 40.8 Å². The van der Waals surface area contributed by atoms with Gasteiger partial charge in [0.1, 0.15) is 17.3 Å². The zero-order valence-corrected chi connectivity index (χ0v) is 21.1. The van der Waals surface area contributed by atoms with Crippen LogP contribution in [0.5, 0.6) is 0 Å². The Hall–Kier alpha value is -3.79. The minimum Gasteiger partial charge on any atom is -0.333 e. The fraction of sp³-hybridized carbons (Fsp3) is 0.154. The van der Waals surface area contributed by atoms with Crippen LogP contribution in [-0.4, -0.2) is 50.1 Å². The van der Waals surface area contributed by atoms with E-state index in [4.69, 9.17) is 28.9 Å². The predicted molar refractivity (Wildman–Crippen MR) is 140 cm³/mol. The van der Waals surface area contributed by atoms with E-state index in [0.29, 0.717) is 18.8 Å². The summed E-state index contributed by atoms with van der Waals surface area (Å²) in [6.07, 6.45) is 1.42.